The van der Waals surface area contributed by atoms with E-state index in [0.29, 0.717) is 0 Å². The standard InChI is InChI=1S/C22H23OP/c1-22(2,3)23-18-14-16-21(17-15-18)24(19-10-6-4-7-11-19)20-12-8-5-9-13-20/h4-17H,1-3H3. The lowest BCUT2D eigenvalue weighted by Crippen LogP contribution is -2.23. The fourth-order valence-corrected chi connectivity index (χ4v) is 4.90. The Kier molecular flexibility index (Phi) is 5.02. The van der Waals surface area contributed by atoms with Crippen molar-refractivity contribution in [2.75, 3.05) is 0 Å². The fourth-order valence-electron chi connectivity index (χ4n) is 2.62. The third kappa shape index (κ3) is 4.24. The summed E-state index contributed by atoms with van der Waals surface area (Å²) in [6.45, 7) is 6.21. The van der Waals surface area contributed by atoms with Gasteiger partial charge >= 0.3 is 0 Å². The number of hydrogen-bond donors (Lipinski definition) is 0. The van der Waals surface area contributed by atoms with Crippen LogP contribution in [-0.2, 0) is 0 Å². The number of ether oxygens (including phenoxy) is 1. The van der Waals surface area contributed by atoms with Gasteiger partial charge in [0.2, 0.25) is 0 Å². The van der Waals surface area contributed by atoms with Crippen molar-refractivity contribution >= 4 is 23.8 Å². The van der Waals surface area contributed by atoms with Gasteiger partial charge in [0.1, 0.15) is 11.4 Å². The molecule has 3 aromatic carbocycles. The van der Waals surface area contributed by atoms with Crippen LogP contribution >= 0.6 is 7.92 Å². The van der Waals surface area contributed by atoms with Gasteiger partial charge in [-0.25, -0.2) is 0 Å². The van der Waals surface area contributed by atoms with E-state index < -0.39 is 7.92 Å². The maximum absolute atomic E-state index is 5.96. The van der Waals surface area contributed by atoms with Gasteiger partial charge in [-0.3, -0.25) is 0 Å². The summed E-state index contributed by atoms with van der Waals surface area (Å²) in [7, 11) is -0.547. The summed E-state index contributed by atoms with van der Waals surface area (Å²) in [6, 6.07) is 30.1. The molecular weight excluding hydrogens is 311 g/mol. The number of rotatable bonds is 4. The zero-order chi connectivity index (χ0) is 17.0. The Morgan fingerprint density at radius 3 is 1.42 bits per heavy atom. The van der Waals surface area contributed by atoms with E-state index in [4.69, 9.17) is 4.74 Å². The number of hydrogen-bond acceptors (Lipinski definition) is 1. The molecule has 24 heavy (non-hydrogen) atoms. The average molecular weight is 334 g/mol. The Balaban J connectivity index is 1.98. The van der Waals surface area contributed by atoms with Gasteiger partial charge < -0.3 is 4.74 Å². The minimum absolute atomic E-state index is 0.175. The highest BCUT2D eigenvalue weighted by Crippen LogP contribution is 2.33. The smallest absolute Gasteiger partial charge is 0.120 e. The molecule has 0 N–H and O–H groups in total. The first-order valence-corrected chi connectivity index (χ1v) is 9.56. The molecule has 0 radical (unpaired) electrons. The van der Waals surface area contributed by atoms with Crippen LogP contribution in [0.25, 0.3) is 0 Å². The topological polar surface area (TPSA) is 9.23 Å². The molecule has 1 nitrogen and oxygen atoms in total. The van der Waals surface area contributed by atoms with Crippen molar-refractivity contribution in [3.8, 4) is 5.75 Å². The second-order valence-corrected chi connectivity index (χ2v) is 8.93. The Morgan fingerprint density at radius 1 is 0.583 bits per heavy atom. The predicted molar refractivity (Wildman–Crippen MR) is 106 cm³/mol. The van der Waals surface area contributed by atoms with Gasteiger partial charge in [-0.05, 0) is 56.7 Å². The lowest BCUT2D eigenvalue weighted by Gasteiger charge is -2.23. The van der Waals surface area contributed by atoms with Crippen LogP contribution in [0.3, 0.4) is 0 Å². The van der Waals surface area contributed by atoms with Crippen LogP contribution in [0.5, 0.6) is 5.75 Å². The van der Waals surface area contributed by atoms with E-state index in [9.17, 15) is 0 Å². The van der Waals surface area contributed by atoms with E-state index in [1.807, 2.05) is 0 Å². The molecule has 3 aromatic rings. The van der Waals surface area contributed by atoms with Crippen LogP contribution in [0.4, 0.5) is 0 Å². The highest BCUT2D eigenvalue weighted by molar-refractivity contribution is 7.79. The Bertz CT molecular complexity index is 719. The molecule has 0 saturated carbocycles. The molecule has 0 amide bonds. The van der Waals surface area contributed by atoms with E-state index in [2.05, 4.69) is 106 Å². The molecular formula is C22H23OP. The molecule has 0 bridgehead atoms. The Hall–Kier alpha value is -2.11. The second kappa shape index (κ2) is 7.20. The number of benzene rings is 3. The average Bonchev–Trinajstić information content (AvgIpc) is 2.57. The first kappa shape index (κ1) is 16.7. The first-order chi connectivity index (χ1) is 11.5. The highest BCUT2D eigenvalue weighted by Gasteiger charge is 2.17. The Labute approximate surface area is 146 Å². The Morgan fingerprint density at radius 2 is 1.00 bits per heavy atom. The van der Waals surface area contributed by atoms with Crippen LogP contribution < -0.4 is 20.7 Å². The largest absolute Gasteiger partial charge is 0.488 e. The zero-order valence-electron chi connectivity index (χ0n) is 14.4. The van der Waals surface area contributed by atoms with Crippen molar-refractivity contribution in [1.29, 1.82) is 0 Å². The normalized spacial score (nSPS) is 11.5. The molecule has 0 aliphatic heterocycles. The van der Waals surface area contributed by atoms with Gasteiger partial charge in [0.15, 0.2) is 0 Å². The predicted octanol–water partition coefficient (Wildman–Crippen LogP) is 4.62. The summed E-state index contributed by atoms with van der Waals surface area (Å²) < 4.78 is 5.96. The van der Waals surface area contributed by atoms with Gasteiger partial charge in [-0.1, -0.05) is 72.8 Å². The van der Waals surface area contributed by atoms with E-state index in [-0.39, 0.29) is 5.60 Å². The van der Waals surface area contributed by atoms with E-state index in [0.717, 1.165) is 5.75 Å². The van der Waals surface area contributed by atoms with Gasteiger partial charge in [-0.15, -0.1) is 0 Å². The van der Waals surface area contributed by atoms with Crippen molar-refractivity contribution in [3.05, 3.63) is 84.9 Å². The zero-order valence-corrected chi connectivity index (χ0v) is 15.3. The van der Waals surface area contributed by atoms with Gasteiger partial charge in [0, 0.05) is 0 Å². The minimum atomic E-state index is -0.547. The lowest BCUT2D eigenvalue weighted by atomic mass is 10.2. The van der Waals surface area contributed by atoms with Gasteiger partial charge in [0.05, 0.1) is 0 Å². The molecule has 0 heterocycles. The molecule has 0 saturated heterocycles. The van der Waals surface area contributed by atoms with Crippen molar-refractivity contribution in [2.24, 2.45) is 0 Å². The molecule has 0 aliphatic carbocycles. The first-order valence-electron chi connectivity index (χ1n) is 8.22. The van der Waals surface area contributed by atoms with Crippen molar-refractivity contribution in [3.63, 3.8) is 0 Å². The fraction of sp³-hybridized carbons (Fsp3) is 0.182. The highest BCUT2D eigenvalue weighted by atomic mass is 31.1. The molecule has 2 heteroatoms. The monoisotopic (exact) mass is 334 g/mol. The maximum Gasteiger partial charge on any atom is 0.120 e. The van der Waals surface area contributed by atoms with E-state index in [1.54, 1.807) is 0 Å². The minimum Gasteiger partial charge on any atom is -0.488 e. The van der Waals surface area contributed by atoms with Crippen LogP contribution in [0.1, 0.15) is 20.8 Å². The SMILES string of the molecule is CC(C)(C)Oc1ccc(P(c2ccccc2)c2ccccc2)cc1. The van der Waals surface area contributed by atoms with E-state index >= 15 is 0 Å². The third-order valence-electron chi connectivity index (χ3n) is 3.55. The van der Waals surface area contributed by atoms with Crippen LogP contribution in [-0.4, -0.2) is 5.60 Å². The maximum atomic E-state index is 5.96. The molecule has 0 fully saturated rings. The van der Waals surface area contributed by atoms with Gasteiger partial charge in [0.25, 0.3) is 0 Å². The summed E-state index contributed by atoms with van der Waals surface area (Å²) in [6.07, 6.45) is 0. The van der Waals surface area contributed by atoms with Crippen LogP contribution in [0.15, 0.2) is 84.9 Å². The molecule has 0 atom stereocenters. The van der Waals surface area contributed by atoms with E-state index in [1.165, 1.54) is 15.9 Å². The quantitative estimate of drug-likeness (QED) is 0.633. The molecule has 0 aromatic heterocycles. The molecule has 0 unspecified atom stereocenters. The summed E-state index contributed by atoms with van der Waals surface area (Å²) in [4.78, 5) is 0. The molecule has 0 spiro atoms. The third-order valence-corrected chi connectivity index (χ3v) is 5.99. The molecule has 0 aliphatic rings. The van der Waals surface area contributed by atoms with Crippen LogP contribution in [0, 0.1) is 0 Å². The molecule has 122 valence electrons. The summed E-state index contributed by atoms with van der Waals surface area (Å²) in [5.74, 6) is 0.919. The van der Waals surface area contributed by atoms with Gasteiger partial charge in [-0.2, -0.15) is 0 Å². The van der Waals surface area contributed by atoms with Crippen molar-refractivity contribution in [2.45, 2.75) is 26.4 Å². The lowest BCUT2D eigenvalue weighted by molar-refractivity contribution is 0.131. The van der Waals surface area contributed by atoms with Crippen molar-refractivity contribution < 1.29 is 4.74 Å². The molecule has 3 rings (SSSR count). The van der Waals surface area contributed by atoms with Crippen LogP contribution in [0.2, 0.25) is 0 Å². The summed E-state index contributed by atoms with van der Waals surface area (Å²) in [5.41, 5.74) is -0.175. The summed E-state index contributed by atoms with van der Waals surface area (Å²) >= 11 is 0. The summed E-state index contributed by atoms with van der Waals surface area (Å²) in [5, 5.41) is 4.06. The second-order valence-electron chi connectivity index (χ2n) is 6.71. The van der Waals surface area contributed by atoms with Crippen molar-refractivity contribution in [1.82, 2.24) is 0 Å².